The van der Waals surface area contributed by atoms with Crippen molar-refractivity contribution in [2.24, 2.45) is 0 Å². The van der Waals surface area contributed by atoms with Crippen LogP contribution in [0.1, 0.15) is 21.5 Å². The highest BCUT2D eigenvalue weighted by Crippen LogP contribution is 2.13. The quantitative estimate of drug-likeness (QED) is 0.807. The molecule has 0 saturated carbocycles. The molecule has 4 nitrogen and oxygen atoms in total. The van der Waals surface area contributed by atoms with Gasteiger partial charge in [-0.25, -0.2) is 4.52 Å². The number of amides is 1. The van der Waals surface area contributed by atoms with Gasteiger partial charge in [0.15, 0.2) is 0 Å². The number of benzene rings is 1. The van der Waals surface area contributed by atoms with Gasteiger partial charge in [0.25, 0.3) is 5.91 Å². The second-order valence-electron chi connectivity index (χ2n) is 4.90. The molecule has 1 aromatic carbocycles. The monoisotopic (exact) mass is 299 g/mol. The third kappa shape index (κ3) is 2.90. The van der Waals surface area contributed by atoms with E-state index in [1.54, 1.807) is 22.8 Å². The molecule has 3 aromatic rings. The SMILES string of the molecule is Cc1ccc2c(C(=O)NCc3ccc(Cl)cc3)cnn2c1. The second-order valence-corrected chi connectivity index (χ2v) is 5.34. The Morgan fingerprint density at radius 3 is 2.76 bits per heavy atom. The van der Waals surface area contributed by atoms with Gasteiger partial charge in [-0.05, 0) is 36.2 Å². The fourth-order valence-corrected chi connectivity index (χ4v) is 2.27. The van der Waals surface area contributed by atoms with Crippen molar-refractivity contribution in [3.8, 4) is 0 Å². The Hall–Kier alpha value is -2.33. The molecule has 0 radical (unpaired) electrons. The summed E-state index contributed by atoms with van der Waals surface area (Å²) < 4.78 is 1.71. The summed E-state index contributed by atoms with van der Waals surface area (Å²) >= 11 is 5.84. The van der Waals surface area contributed by atoms with Crippen LogP contribution < -0.4 is 5.32 Å². The lowest BCUT2D eigenvalue weighted by molar-refractivity contribution is 0.0952. The Labute approximate surface area is 127 Å². The Morgan fingerprint density at radius 2 is 2.00 bits per heavy atom. The minimum Gasteiger partial charge on any atom is -0.348 e. The minimum absolute atomic E-state index is 0.135. The van der Waals surface area contributed by atoms with E-state index in [9.17, 15) is 4.79 Å². The normalized spacial score (nSPS) is 10.8. The topological polar surface area (TPSA) is 46.4 Å². The number of halogens is 1. The highest BCUT2D eigenvalue weighted by Gasteiger charge is 2.12. The number of rotatable bonds is 3. The molecule has 0 aliphatic heterocycles. The van der Waals surface area contributed by atoms with Crippen LogP contribution in [0.3, 0.4) is 0 Å². The maximum atomic E-state index is 12.3. The van der Waals surface area contributed by atoms with Gasteiger partial charge in [0.2, 0.25) is 0 Å². The van der Waals surface area contributed by atoms with Crippen molar-refractivity contribution in [2.45, 2.75) is 13.5 Å². The molecule has 0 fully saturated rings. The van der Waals surface area contributed by atoms with Gasteiger partial charge in [0.1, 0.15) is 0 Å². The van der Waals surface area contributed by atoms with E-state index in [0.717, 1.165) is 16.6 Å². The molecule has 2 aromatic heterocycles. The van der Waals surface area contributed by atoms with Crippen LogP contribution in [0.4, 0.5) is 0 Å². The highest BCUT2D eigenvalue weighted by molar-refractivity contribution is 6.30. The number of aromatic nitrogens is 2. The van der Waals surface area contributed by atoms with Crippen molar-refractivity contribution in [3.05, 3.63) is 70.5 Å². The van der Waals surface area contributed by atoms with Gasteiger partial charge in [-0.15, -0.1) is 0 Å². The fraction of sp³-hybridized carbons (Fsp3) is 0.125. The van der Waals surface area contributed by atoms with E-state index in [1.807, 2.05) is 37.4 Å². The van der Waals surface area contributed by atoms with Crippen molar-refractivity contribution in [2.75, 3.05) is 0 Å². The van der Waals surface area contributed by atoms with E-state index < -0.39 is 0 Å². The van der Waals surface area contributed by atoms with E-state index in [0.29, 0.717) is 17.1 Å². The van der Waals surface area contributed by atoms with Gasteiger partial charge in [-0.3, -0.25) is 4.79 Å². The molecule has 0 spiro atoms. The highest BCUT2D eigenvalue weighted by atomic mass is 35.5. The Bertz CT molecular complexity index is 793. The lowest BCUT2D eigenvalue weighted by Gasteiger charge is -2.05. The molecular weight excluding hydrogens is 286 g/mol. The van der Waals surface area contributed by atoms with Crippen LogP contribution in [-0.4, -0.2) is 15.5 Å². The second kappa shape index (κ2) is 5.58. The van der Waals surface area contributed by atoms with Crippen LogP contribution in [0.2, 0.25) is 5.02 Å². The first-order valence-electron chi connectivity index (χ1n) is 6.60. The zero-order chi connectivity index (χ0) is 14.8. The van der Waals surface area contributed by atoms with E-state index in [4.69, 9.17) is 11.6 Å². The summed E-state index contributed by atoms with van der Waals surface area (Å²) in [6, 6.07) is 11.3. The van der Waals surface area contributed by atoms with Crippen molar-refractivity contribution in [1.29, 1.82) is 0 Å². The first-order valence-corrected chi connectivity index (χ1v) is 6.98. The molecule has 0 aliphatic carbocycles. The largest absolute Gasteiger partial charge is 0.348 e. The van der Waals surface area contributed by atoms with Crippen LogP contribution in [-0.2, 0) is 6.54 Å². The molecule has 1 N–H and O–H groups in total. The summed E-state index contributed by atoms with van der Waals surface area (Å²) in [5, 5.41) is 7.78. The molecular formula is C16H14ClN3O. The molecule has 0 aliphatic rings. The summed E-state index contributed by atoms with van der Waals surface area (Å²) in [6.07, 6.45) is 3.48. The number of hydrogen-bond donors (Lipinski definition) is 1. The van der Waals surface area contributed by atoms with Crippen LogP contribution in [0.25, 0.3) is 5.52 Å². The van der Waals surface area contributed by atoms with Gasteiger partial charge in [0, 0.05) is 17.8 Å². The van der Waals surface area contributed by atoms with E-state index in [-0.39, 0.29) is 5.91 Å². The minimum atomic E-state index is -0.135. The summed E-state index contributed by atoms with van der Waals surface area (Å²) in [6.45, 7) is 2.45. The van der Waals surface area contributed by atoms with Crippen molar-refractivity contribution in [3.63, 3.8) is 0 Å². The number of nitrogens with one attached hydrogen (secondary N) is 1. The standard InChI is InChI=1S/C16H14ClN3O/c1-11-2-7-15-14(9-19-20(15)10-11)16(21)18-8-12-3-5-13(17)6-4-12/h2-7,9-10H,8H2,1H3,(H,18,21). The molecule has 21 heavy (non-hydrogen) atoms. The third-order valence-electron chi connectivity index (χ3n) is 3.27. The lowest BCUT2D eigenvalue weighted by atomic mass is 10.2. The van der Waals surface area contributed by atoms with Crippen LogP contribution in [0, 0.1) is 6.92 Å². The van der Waals surface area contributed by atoms with Crippen molar-refractivity contribution >= 4 is 23.0 Å². The average molecular weight is 300 g/mol. The third-order valence-corrected chi connectivity index (χ3v) is 3.53. The van der Waals surface area contributed by atoms with Crippen LogP contribution in [0.15, 0.2) is 48.8 Å². The number of fused-ring (bicyclic) bond motifs is 1. The van der Waals surface area contributed by atoms with Gasteiger partial charge in [-0.1, -0.05) is 29.8 Å². The smallest absolute Gasteiger partial charge is 0.255 e. The van der Waals surface area contributed by atoms with E-state index >= 15 is 0 Å². The summed E-state index contributed by atoms with van der Waals surface area (Å²) in [4.78, 5) is 12.3. The maximum Gasteiger partial charge on any atom is 0.255 e. The van der Waals surface area contributed by atoms with Gasteiger partial charge < -0.3 is 5.32 Å². The molecule has 0 unspecified atom stereocenters. The molecule has 1 amide bonds. The Balaban J connectivity index is 1.76. The maximum absolute atomic E-state index is 12.3. The Morgan fingerprint density at radius 1 is 1.24 bits per heavy atom. The average Bonchev–Trinajstić information content (AvgIpc) is 2.89. The molecule has 106 valence electrons. The zero-order valence-electron chi connectivity index (χ0n) is 11.5. The van der Waals surface area contributed by atoms with Crippen LogP contribution >= 0.6 is 11.6 Å². The molecule has 0 bridgehead atoms. The van der Waals surface area contributed by atoms with Gasteiger partial charge >= 0.3 is 0 Å². The molecule has 0 atom stereocenters. The zero-order valence-corrected chi connectivity index (χ0v) is 12.3. The van der Waals surface area contributed by atoms with Gasteiger partial charge in [-0.2, -0.15) is 5.10 Å². The van der Waals surface area contributed by atoms with E-state index in [2.05, 4.69) is 10.4 Å². The number of pyridine rings is 1. The lowest BCUT2D eigenvalue weighted by Crippen LogP contribution is -2.22. The number of nitrogens with zero attached hydrogens (tertiary/aromatic N) is 2. The summed E-state index contributed by atoms with van der Waals surface area (Å²) in [5.74, 6) is -0.135. The predicted octanol–water partition coefficient (Wildman–Crippen LogP) is 3.23. The predicted molar refractivity (Wildman–Crippen MR) is 82.6 cm³/mol. The summed E-state index contributed by atoms with van der Waals surface area (Å²) in [7, 11) is 0. The number of hydrogen-bond acceptors (Lipinski definition) is 2. The molecule has 2 heterocycles. The fourth-order valence-electron chi connectivity index (χ4n) is 2.14. The number of carbonyl (C=O) groups excluding carboxylic acids is 1. The summed E-state index contributed by atoms with van der Waals surface area (Å²) in [5.41, 5.74) is 3.47. The first kappa shape index (κ1) is 13.6. The molecule has 0 saturated heterocycles. The molecule has 5 heteroatoms. The van der Waals surface area contributed by atoms with Crippen LogP contribution in [0.5, 0.6) is 0 Å². The van der Waals surface area contributed by atoms with E-state index in [1.165, 1.54) is 0 Å². The van der Waals surface area contributed by atoms with Gasteiger partial charge in [0.05, 0.1) is 17.3 Å². The molecule has 3 rings (SSSR count). The van der Waals surface area contributed by atoms with Crippen molar-refractivity contribution in [1.82, 2.24) is 14.9 Å². The van der Waals surface area contributed by atoms with Crippen molar-refractivity contribution < 1.29 is 4.79 Å². The first-order chi connectivity index (χ1) is 10.1. The number of aryl methyl sites for hydroxylation is 1. The number of carbonyl (C=O) groups is 1. The Kier molecular flexibility index (Phi) is 3.62.